The Balaban J connectivity index is 1.52. The number of thioether (sulfide) groups is 1. The lowest BCUT2D eigenvalue weighted by Crippen LogP contribution is -2.40. The van der Waals surface area contributed by atoms with Crippen molar-refractivity contribution in [2.45, 2.75) is 16.8 Å². The van der Waals surface area contributed by atoms with E-state index in [1.165, 1.54) is 0 Å². The van der Waals surface area contributed by atoms with Gasteiger partial charge in [-0.2, -0.15) is 0 Å². The van der Waals surface area contributed by atoms with E-state index in [1.54, 1.807) is 22.9 Å². The summed E-state index contributed by atoms with van der Waals surface area (Å²) in [5.74, 6) is 1.70. The van der Waals surface area contributed by atoms with E-state index < -0.39 is 6.10 Å². The second kappa shape index (κ2) is 8.23. The van der Waals surface area contributed by atoms with Gasteiger partial charge in [-0.05, 0) is 36.4 Å². The summed E-state index contributed by atoms with van der Waals surface area (Å²) < 4.78 is 10.5. The molecule has 1 aromatic heterocycles. The lowest BCUT2D eigenvalue weighted by atomic mass is 10.3. The first-order chi connectivity index (χ1) is 11.7. The molecule has 128 valence electrons. The summed E-state index contributed by atoms with van der Waals surface area (Å²) >= 11 is 1.67. The number of benzene rings is 1. The van der Waals surface area contributed by atoms with Crippen molar-refractivity contribution in [1.29, 1.82) is 0 Å². The molecule has 0 unspecified atom stereocenters. The first-order valence-electron chi connectivity index (χ1n) is 7.78. The molecule has 0 bridgehead atoms. The Bertz CT molecular complexity index is 645. The van der Waals surface area contributed by atoms with Crippen LogP contribution >= 0.6 is 11.8 Å². The summed E-state index contributed by atoms with van der Waals surface area (Å²) in [6, 6.07) is 11.3. The van der Waals surface area contributed by atoms with Crippen molar-refractivity contribution in [2.24, 2.45) is 0 Å². The van der Waals surface area contributed by atoms with Crippen molar-refractivity contribution in [3.63, 3.8) is 0 Å². The average Bonchev–Trinajstić information content (AvgIpc) is 3.01. The predicted molar refractivity (Wildman–Crippen MR) is 92.1 cm³/mol. The molecule has 3 rings (SSSR count). The largest absolute Gasteiger partial charge is 0.468 e. The van der Waals surface area contributed by atoms with Crippen LogP contribution in [-0.4, -0.2) is 48.4 Å². The fraction of sp³-hybridized carbons (Fsp3) is 0.353. The van der Waals surface area contributed by atoms with E-state index in [9.17, 15) is 9.90 Å². The molecule has 0 aliphatic carbocycles. The zero-order chi connectivity index (χ0) is 16.8. The molecule has 1 aliphatic rings. The number of anilines is 1. The summed E-state index contributed by atoms with van der Waals surface area (Å²) in [5.41, 5.74) is 0.724. The molecule has 1 saturated heterocycles. The Morgan fingerprint density at radius 3 is 2.92 bits per heavy atom. The number of amides is 2. The fourth-order valence-corrected chi connectivity index (χ4v) is 3.16. The number of furan rings is 1. The van der Waals surface area contributed by atoms with Crippen LogP contribution in [0.4, 0.5) is 10.5 Å². The molecule has 6 nitrogen and oxygen atoms in total. The van der Waals surface area contributed by atoms with E-state index in [4.69, 9.17) is 9.15 Å². The highest BCUT2D eigenvalue weighted by Crippen LogP contribution is 2.24. The number of hydrogen-bond donors (Lipinski definition) is 2. The van der Waals surface area contributed by atoms with Crippen LogP contribution in [0.3, 0.4) is 0 Å². The summed E-state index contributed by atoms with van der Waals surface area (Å²) in [6.07, 6.45) is 1.03. The van der Waals surface area contributed by atoms with E-state index in [0.29, 0.717) is 13.2 Å². The Kier molecular flexibility index (Phi) is 5.79. The van der Waals surface area contributed by atoms with Gasteiger partial charge in [-0.25, -0.2) is 4.79 Å². The van der Waals surface area contributed by atoms with Gasteiger partial charge >= 0.3 is 6.03 Å². The molecule has 1 aromatic carbocycles. The highest BCUT2D eigenvalue weighted by molar-refractivity contribution is 7.98. The first kappa shape index (κ1) is 16.9. The minimum atomic E-state index is -0.640. The Labute approximate surface area is 144 Å². The van der Waals surface area contributed by atoms with Crippen LogP contribution in [-0.2, 0) is 10.5 Å². The van der Waals surface area contributed by atoms with Crippen LogP contribution in [0.2, 0.25) is 0 Å². The Morgan fingerprint density at radius 1 is 1.33 bits per heavy atom. The van der Waals surface area contributed by atoms with Gasteiger partial charge in [-0.3, -0.25) is 0 Å². The maximum Gasteiger partial charge on any atom is 0.322 e. The van der Waals surface area contributed by atoms with Gasteiger partial charge < -0.3 is 24.5 Å². The highest BCUT2D eigenvalue weighted by atomic mass is 32.2. The minimum Gasteiger partial charge on any atom is -0.468 e. The van der Waals surface area contributed by atoms with Gasteiger partial charge in [-0.1, -0.05) is 0 Å². The zero-order valence-corrected chi connectivity index (χ0v) is 14.0. The smallest absolute Gasteiger partial charge is 0.322 e. The molecule has 1 aliphatic heterocycles. The van der Waals surface area contributed by atoms with Gasteiger partial charge in [-0.15, -0.1) is 11.8 Å². The highest BCUT2D eigenvalue weighted by Gasteiger charge is 2.20. The van der Waals surface area contributed by atoms with Crippen LogP contribution in [0.15, 0.2) is 52.0 Å². The molecule has 0 spiro atoms. The van der Waals surface area contributed by atoms with E-state index in [0.717, 1.165) is 22.1 Å². The number of aliphatic hydroxyl groups excluding tert-OH is 1. The van der Waals surface area contributed by atoms with Gasteiger partial charge in [0, 0.05) is 17.1 Å². The predicted octanol–water partition coefficient (Wildman–Crippen LogP) is 2.80. The van der Waals surface area contributed by atoms with Crippen molar-refractivity contribution in [2.75, 3.05) is 31.6 Å². The molecule has 2 aromatic rings. The van der Waals surface area contributed by atoms with Crippen LogP contribution < -0.4 is 5.32 Å². The molecule has 7 heteroatoms. The molecule has 1 atom stereocenters. The molecular weight excluding hydrogens is 328 g/mol. The SMILES string of the molecule is O=C(Nc1ccc(SCc2ccco2)cc1)N1CCOC[C@H](O)C1. The molecule has 2 heterocycles. The van der Waals surface area contributed by atoms with Crippen molar-refractivity contribution in [3.8, 4) is 0 Å². The number of hydrogen-bond acceptors (Lipinski definition) is 5. The molecule has 24 heavy (non-hydrogen) atoms. The van der Waals surface area contributed by atoms with Gasteiger partial charge in [0.2, 0.25) is 0 Å². The van der Waals surface area contributed by atoms with Gasteiger partial charge in [0.25, 0.3) is 0 Å². The van der Waals surface area contributed by atoms with Crippen LogP contribution in [0, 0.1) is 0 Å². The Morgan fingerprint density at radius 2 is 2.17 bits per heavy atom. The zero-order valence-electron chi connectivity index (χ0n) is 13.2. The number of carbonyl (C=O) groups excluding carboxylic acids is 1. The van der Waals surface area contributed by atoms with Crippen LogP contribution in [0.1, 0.15) is 5.76 Å². The van der Waals surface area contributed by atoms with E-state index in [2.05, 4.69) is 5.32 Å². The van der Waals surface area contributed by atoms with Gasteiger partial charge in [0.1, 0.15) is 5.76 Å². The maximum atomic E-state index is 12.3. The molecule has 1 fully saturated rings. The number of rotatable bonds is 4. The standard InChI is InChI=1S/C17H20N2O4S/c20-14-10-19(7-9-22-11-14)17(21)18-13-3-5-16(6-4-13)24-12-15-2-1-8-23-15/h1-6,8,14,20H,7,9-12H2,(H,18,21)/t14-/m1/s1. The molecule has 2 amide bonds. The van der Waals surface area contributed by atoms with E-state index in [-0.39, 0.29) is 19.2 Å². The third-order valence-electron chi connectivity index (χ3n) is 3.60. The van der Waals surface area contributed by atoms with Crippen LogP contribution in [0.5, 0.6) is 0 Å². The lowest BCUT2D eigenvalue weighted by Gasteiger charge is -2.21. The first-order valence-corrected chi connectivity index (χ1v) is 8.76. The fourth-order valence-electron chi connectivity index (χ4n) is 2.36. The second-order valence-electron chi connectivity index (χ2n) is 5.50. The number of aliphatic hydroxyl groups is 1. The monoisotopic (exact) mass is 348 g/mol. The van der Waals surface area contributed by atoms with Crippen LogP contribution in [0.25, 0.3) is 0 Å². The summed E-state index contributed by atoms with van der Waals surface area (Å²) in [5, 5.41) is 12.5. The summed E-state index contributed by atoms with van der Waals surface area (Å²) in [7, 11) is 0. The van der Waals surface area contributed by atoms with Crippen molar-refractivity contribution in [1.82, 2.24) is 4.90 Å². The topological polar surface area (TPSA) is 74.9 Å². The van der Waals surface area contributed by atoms with E-state index in [1.807, 2.05) is 36.4 Å². The third-order valence-corrected chi connectivity index (χ3v) is 4.64. The normalized spacial score (nSPS) is 18.2. The van der Waals surface area contributed by atoms with E-state index >= 15 is 0 Å². The molecular formula is C17H20N2O4S. The van der Waals surface area contributed by atoms with Crippen molar-refractivity contribution >= 4 is 23.5 Å². The third kappa shape index (κ3) is 4.77. The summed E-state index contributed by atoms with van der Waals surface area (Å²) in [4.78, 5) is 14.9. The number of nitrogens with zero attached hydrogens (tertiary/aromatic N) is 1. The molecule has 2 N–H and O–H groups in total. The quantitative estimate of drug-likeness (QED) is 0.831. The maximum absolute atomic E-state index is 12.3. The minimum absolute atomic E-state index is 0.226. The van der Waals surface area contributed by atoms with Gasteiger partial charge in [0.05, 0.1) is 37.9 Å². The lowest BCUT2D eigenvalue weighted by molar-refractivity contribution is 0.0575. The number of nitrogens with one attached hydrogen (secondary N) is 1. The second-order valence-corrected chi connectivity index (χ2v) is 6.55. The van der Waals surface area contributed by atoms with Crippen molar-refractivity contribution in [3.05, 3.63) is 48.4 Å². The number of carbonyl (C=O) groups is 1. The number of urea groups is 1. The molecule has 0 saturated carbocycles. The number of ether oxygens (including phenoxy) is 1. The molecule has 0 radical (unpaired) electrons. The summed E-state index contributed by atoms with van der Waals surface area (Å²) in [6.45, 7) is 1.46. The van der Waals surface area contributed by atoms with Gasteiger partial charge in [0.15, 0.2) is 0 Å². The average molecular weight is 348 g/mol. The Hall–Kier alpha value is -1.96. The number of β-amino-alcohol motifs (C(OH)–C–C–N with tert-alkyl or cyclic N) is 1. The van der Waals surface area contributed by atoms with Crippen molar-refractivity contribution < 1.29 is 19.1 Å².